The molecule has 0 aliphatic heterocycles. The number of pyridine rings is 1. The molecule has 0 aliphatic carbocycles. The third-order valence-corrected chi connectivity index (χ3v) is 2.81. The lowest BCUT2D eigenvalue weighted by atomic mass is 10.4. The highest BCUT2D eigenvalue weighted by Gasteiger charge is 2.08. The van der Waals surface area contributed by atoms with Crippen LogP contribution in [0.2, 0.25) is 5.02 Å². The summed E-state index contributed by atoms with van der Waals surface area (Å²) in [5, 5.41) is 4.29. The summed E-state index contributed by atoms with van der Waals surface area (Å²) in [6.45, 7) is 0.407. The molecule has 0 saturated heterocycles. The number of halogens is 1. The fraction of sp³-hybridized carbons (Fsp3) is 0.111. The van der Waals surface area contributed by atoms with Gasteiger partial charge in [-0.3, -0.25) is 4.57 Å². The molecule has 0 amide bonds. The van der Waals surface area contributed by atoms with Crippen molar-refractivity contribution >= 4 is 35.0 Å². The van der Waals surface area contributed by atoms with E-state index in [-0.39, 0.29) is 0 Å². The van der Waals surface area contributed by atoms with Crippen LogP contribution >= 0.6 is 23.8 Å². The normalized spacial score (nSPS) is 11.1. The van der Waals surface area contributed by atoms with E-state index in [4.69, 9.17) is 23.8 Å². The van der Waals surface area contributed by atoms with Gasteiger partial charge in [-0.15, -0.1) is 0 Å². The molecule has 0 unspecified atom stereocenters. The number of rotatable bonds is 2. The molecule has 8 heteroatoms. The van der Waals surface area contributed by atoms with Gasteiger partial charge in [-0.1, -0.05) is 16.8 Å². The lowest BCUT2D eigenvalue weighted by molar-refractivity contribution is 0.408. The summed E-state index contributed by atoms with van der Waals surface area (Å²) in [7, 11) is 0. The molecule has 0 fully saturated rings. The van der Waals surface area contributed by atoms with Gasteiger partial charge in [0.15, 0.2) is 16.2 Å². The van der Waals surface area contributed by atoms with Crippen molar-refractivity contribution in [2.45, 2.75) is 6.54 Å². The maximum absolute atomic E-state index is 5.86. The molecule has 1 N–H and O–H groups in total. The predicted octanol–water partition coefficient (Wildman–Crippen LogP) is 2.18. The van der Waals surface area contributed by atoms with E-state index >= 15 is 0 Å². The Morgan fingerprint density at radius 3 is 3.12 bits per heavy atom. The lowest BCUT2D eigenvalue weighted by Crippen LogP contribution is -2.02. The molecule has 0 bridgehead atoms. The minimum Gasteiger partial charge on any atom is -0.343 e. The minimum atomic E-state index is 0.407. The second kappa shape index (κ2) is 3.94. The molecule has 0 spiro atoms. The average molecular weight is 268 g/mol. The zero-order chi connectivity index (χ0) is 11.8. The van der Waals surface area contributed by atoms with Crippen LogP contribution in [0.15, 0.2) is 23.2 Å². The maximum Gasteiger partial charge on any atom is 0.213 e. The van der Waals surface area contributed by atoms with Gasteiger partial charge in [0, 0.05) is 6.20 Å². The number of aromatic amines is 1. The largest absolute Gasteiger partial charge is 0.343 e. The van der Waals surface area contributed by atoms with Crippen molar-refractivity contribution < 1.29 is 4.52 Å². The van der Waals surface area contributed by atoms with E-state index in [2.05, 4.69) is 24.6 Å². The van der Waals surface area contributed by atoms with Crippen molar-refractivity contribution in [2.24, 2.45) is 0 Å². The number of fused-ring (bicyclic) bond motifs is 1. The molecule has 86 valence electrons. The Labute approximate surface area is 105 Å². The second-order valence-corrected chi connectivity index (χ2v) is 4.21. The van der Waals surface area contributed by atoms with Crippen LogP contribution in [-0.4, -0.2) is 24.7 Å². The van der Waals surface area contributed by atoms with Crippen molar-refractivity contribution in [3.63, 3.8) is 0 Å². The van der Waals surface area contributed by atoms with Gasteiger partial charge >= 0.3 is 0 Å². The third kappa shape index (κ3) is 1.83. The summed E-state index contributed by atoms with van der Waals surface area (Å²) >= 11 is 11.1. The Hall–Kier alpha value is -1.73. The highest BCUT2D eigenvalue weighted by atomic mass is 35.5. The SMILES string of the molecule is S=c1[nH]c2cc(Cl)cnc2n1Cc1ncon1. The van der Waals surface area contributed by atoms with Gasteiger partial charge in [0.25, 0.3) is 0 Å². The number of imidazole rings is 1. The molecule has 6 nitrogen and oxygen atoms in total. The molecule has 0 radical (unpaired) electrons. The van der Waals surface area contributed by atoms with Crippen LogP contribution in [-0.2, 0) is 6.54 Å². The van der Waals surface area contributed by atoms with E-state index in [0.29, 0.717) is 27.8 Å². The highest BCUT2D eigenvalue weighted by molar-refractivity contribution is 7.71. The number of aromatic nitrogens is 5. The van der Waals surface area contributed by atoms with Gasteiger partial charge in [0.1, 0.15) is 0 Å². The Morgan fingerprint density at radius 2 is 2.35 bits per heavy atom. The van der Waals surface area contributed by atoms with Crippen LogP contribution in [0.25, 0.3) is 11.2 Å². The molecule has 0 aliphatic rings. The van der Waals surface area contributed by atoms with Crippen LogP contribution in [0.5, 0.6) is 0 Å². The van der Waals surface area contributed by atoms with Gasteiger partial charge in [0.05, 0.1) is 17.1 Å². The molecule has 3 heterocycles. The van der Waals surface area contributed by atoms with Gasteiger partial charge in [-0.25, -0.2) is 4.98 Å². The minimum absolute atomic E-state index is 0.407. The standard InChI is InChI=1S/C9H6ClN5OS/c10-5-1-6-8(11-2-5)15(9(17)13-6)3-7-12-4-16-14-7/h1-2,4H,3H2,(H,13,17). The summed E-state index contributed by atoms with van der Waals surface area (Å²) in [4.78, 5) is 11.2. The Morgan fingerprint density at radius 1 is 1.47 bits per heavy atom. The molecule has 0 saturated carbocycles. The van der Waals surface area contributed by atoms with Gasteiger partial charge in [-0.2, -0.15) is 4.98 Å². The lowest BCUT2D eigenvalue weighted by Gasteiger charge is -1.98. The van der Waals surface area contributed by atoms with Crippen molar-refractivity contribution in [1.82, 2.24) is 24.7 Å². The zero-order valence-electron chi connectivity index (χ0n) is 8.42. The van der Waals surface area contributed by atoms with Crippen molar-refractivity contribution in [1.29, 1.82) is 0 Å². The molecule has 3 aromatic rings. The summed E-state index contributed by atoms with van der Waals surface area (Å²) < 4.78 is 7.00. The molecule has 0 atom stereocenters. The first-order valence-corrected chi connectivity index (χ1v) is 5.52. The number of nitrogens with zero attached hydrogens (tertiary/aromatic N) is 4. The fourth-order valence-electron chi connectivity index (χ4n) is 1.57. The van der Waals surface area contributed by atoms with Crippen molar-refractivity contribution in [3.8, 4) is 0 Å². The molecular weight excluding hydrogens is 262 g/mol. The molecule has 3 aromatic heterocycles. The van der Waals surface area contributed by atoms with Crippen LogP contribution < -0.4 is 0 Å². The Bertz CT molecular complexity index is 717. The molecule has 3 rings (SSSR count). The predicted molar refractivity (Wildman–Crippen MR) is 63.3 cm³/mol. The number of H-pyrrole nitrogens is 1. The molecule has 17 heavy (non-hydrogen) atoms. The van der Waals surface area contributed by atoms with Gasteiger partial charge in [-0.05, 0) is 18.3 Å². The second-order valence-electron chi connectivity index (χ2n) is 3.39. The van der Waals surface area contributed by atoms with Crippen molar-refractivity contribution in [3.05, 3.63) is 34.3 Å². The Kier molecular flexibility index (Phi) is 2.41. The molecule has 0 aromatic carbocycles. The number of hydrogen-bond donors (Lipinski definition) is 1. The first-order chi connectivity index (χ1) is 8.24. The summed E-state index contributed by atoms with van der Waals surface area (Å²) in [5.41, 5.74) is 1.50. The number of nitrogens with one attached hydrogen (secondary N) is 1. The molecular formula is C9H6ClN5OS. The smallest absolute Gasteiger partial charge is 0.213 e. The van der Waals surface area contributed by atoms with E-state index in [1.54, 1.807) is 16.8 Å². The highest BCUT2D eigenvalue weighted by Crippen LogP contribution is 2.16. The van der Waals surface area contributed by atoms with Crippen molar-refractivity contribution in [2.75, 3.05) is 0 Å². The number of hydrogen-bond acceptors (Lipinski definition) is 5. The van der Waals surface area contributed by atoms with E-state index in [9.17, 15) is 0 Å². The van der Waals surface area contributed by atoms with E-state index in [1.807, 2.05) is 0 Å². The first-order valence-electron chi connectivity index (χ1n) is 4.73. The van der Waals surface area contributed by atoms with E-state index < -0.39 is 0 Å². The van der Waals surface area contributed by atoms with Crippen LogP contribution in [0, 0.1) is 4.77 Å². The first kappa shape index (κ1) is 10.4. The van der Waals surface area contributed by atoms with Crippen LogP contribution in [0.1, 0.15) is 5.82 Å². The van der Waals surface area contributed by atoms with Gasteiger partial charge in [0.2, 0.25) is 6.39 Å². The monoisotopic (exact) mass is 267 g/mol. The summed E-state index contributed by atoms with van der Waals surface area (Å²) in [5.74, 6) is 0.541. The summed E-state index contributed by atoms with van der Waals surface area (Å²) in [6.07, 6.45) is 2.84. The van der Waals surface area contributed by atoms with E-state index in [1.165, 1.54) is 6.39 Å². The fourth-order valence-corrected chi connectivity index (χ4v) is 1.99. The quantitative estimate of drug-likeness (QED) is 0.721. The third-order valence-electron chi connectivity index (χ3n) is 2.28. The Balaban J connectivity index is 2.16. The summed E-state index contributed by atoms with van der Waals surface area (Å²) in [6, 6.07) is 1.77. The zero-order valence-corrected chi connectivity index (χ0v) is 9.99. The maximum atomic E-state index is 5.86. The van der Waals surface area contributed by atoms with E-state index in [0.717, 1.165) is 5.52 Å². The average Bonchev–Trinajstić information content (AvgIpc) is 2.88. The van der Waals surface area contributed by atoms with Crippen LogP contribution in [0.4, 0.5) is 0 Å². The van der Waals surface area contributed by atoms with Gasteiger partial charge < -0.3 is 9.51 Å². The van der Waals surface area contributed by atoms with Crippen LogP contribution in [0.3, 0.4) is 0 Å². The topological polar surface area (TPSA) is 72.5 Å².